The summed E-state index contributed by atoms with van der Waals surface area (Å²) >= 11 is 0. The van der Waals surface area contributed by atoms with Crippen LogP contribution in [0, 0.1) is 0 Å². The van der Waals surface area contributed by atoms with Gasteiger partial charge in [-0.1, -0.05) is 0 Å². The molecule has 0 unspecified atom stereocenters. The van der Waals surface area contributed by atoms with Crippen molar-refractivity contribution >= 4 is 0 Å². The molecule has 0 aliphatic rings. The Morgan fingerprint density at radius 1 is 1.38 bits per heavy atom. The average Bonchev–Trinajstić information content (AvgIpc) is 2.65. The van der Waals surface area contributed by atoms with E-state index in [9.17, 15) is 0 Å². The van der Waals surface area contributed by atoms with E-state index in [2.05, 4.69) is 49.1 Å². The number of hydrogen-bond donors (Lipinski definition) is 1. The number of methoxy groups -OCH3 is 1. The van der Waals surface area contributed by atoms with Gasteiger partial charge in [-0.05, 0) is 45.4 Å². The zero-order chi connectivity index (χ0) is 12.0. The van der Waals surface area contributed by atoms with Gasteiger partial charge in [0.15, 0.2) is 0 Å². The first kappa shape index (κ1) is 13.3. The monoisotopic (exact) mass is 224 g/mol. The summed E-state index contributed by atoms with van der Waals surface area (Å²) in [6.45, 7) is 9.41. The fraction of sp³-hybridized carbons (Fsp3) is 0.692. The molecule has 1 heterocycles. The second-order valence-corrected chi connectivity index (χ2v) is 5.12. The van der Waals surface area contributed by atoms with Crippen LogP contribution in [-0.2, 0) is 16.8 Å². The minimum absolute atomic E-state index is 0.175. The van der Waals surface area contributed by atoms with Gasteiger partial charge >= 0.3 is 0 Å². The van der Waals surface area contributed by atoms with Crippen LogP contribution in [-0.4, -0.2) is 24.8 Å². The first-order chi connectivity index (χ1) is 7.54. The Kier molecular flexibility index (Phi) is 5.03. The zero-order valence-corrected chi connectivity index (χ0v) is 10.9. The molecule has 3 heteroatoms. The highest BCUT2D eigenvalue weighted by atomic mass is 16.5. The maximum Gasteiger partial charge on any atom is 0.0474 e. The average molecular weight is 224 g/mol. The lowest BCUT2D eigenvalue weighted by atomic mass is 10.1. The van der Waals surface area contributed by atoms with Crippen LogP contribution >= 0.6 is 0 Å². The summed E-state index contributed by atoms with van der Waals surface area (Å²) < 4.78 is 7.25. The molecule has 0 bridgehead atoms. The summed E-state index contributed by atoms with van der Waals surface area (Å²) in [6.07, 6.45) is 5.42. The molecule has 0 atom stereocenters. The smallest absolute Gasteiger partial charge is 0.0474 e. The summed E-state index contributed by atoms with van der Waals surface area (Å²) in [4.78, 5) is 0. The maximum atomic E-state index is 5.00. The van der Waals surface area contributed by atoms with Gasteiger partial charge < -0.3 is 14.6 Å². The Morgan fingerprint density at radius 2 is 2.12 bits per heavy atom. The van der Waals surface area contributed by atoms with Crippen molar-refractivity contribution in [2.75, 3.05) is 20.3 Å². The third kappa shape index (κ3) is 4.37. The second kappa shape index (κ2) is 6.06. The molecule has 0 aliphatic heterocycles. The van der Waals surface area contributed by atoms with E-state index < -0.39 is 0 Å². The Hall–Kier alpha value is -0.800. The predicted octanol–water partition coefficient (Wildman–Crippen LogP) is 2.37. The van der Waals surface area contributed by atoms with Crippen molar-refractivity contribution in [1.82, 2.24) is 9.88 Å². The van der Waals surface area contributed by atoms with Gasteiger partial charge in [0.2, 0.25) is 0 Å². The van der Waals surface area contributed by atoms with Crippen LogP contribution in [0.25, 0.3) is 0 Å². The van der Waals surface area contributed by atoms with Gasteiger partial charge in [-0.2, -0.15) is 0 Å². The van der Waals surface area contributed by atoms with Gasteiger partial charge in [0, 0.05) is 38.2 Å². The first-order valence-electron chi connectivity index (χ1n) is 5.91. The third-order valence-electron chi connectivity index (χ3n) is 2.56. The lowest BCUT2D eigenvalue weighted by Crippen LogP contribution is -2.20. The summed E-state index contributed by atoms with van der Waals surface area (Å²) in [7, 11) is 1.74. The summed E-state index contributed by atoms with van der Waals surface area (Å²) in [5, 5.41) is 3.41. The molecular formula is C13H24N2O. The third-order valence-corrected chi connectivity index (χ3v) is 2.56. The van der Waals surface area contributed by atoms with Gasteiger partial charge in [-0.15, -0.1) is 0 Å². The van der Waals surface area contributed by atoms with Crippen LogP contribution < -0.4 is 5.32 Å². The molecule has 0 amide bonds. The van der Waals surface area contributed by atoms with Crippen molar-refractivity contribution < 1.29 is 4.74 Å². The number of ether oxygens (including phenoxy) is 1. The lowest BCUT2D eigenvalue weighted by molar-refractivity contribution is 0.194. The first-order valence-corrected chi connectivity index (χ1v) is 5.91. The SMILES string of the molecule is COCCCNCc1ccn(C(C)(C)C)c1. The van der Waals surface area contributed by atoms with Gasteiger partial charge in [-0.3, -0.25) is 0 Å². The molecule has 16 heavy (non-hydrogen) atoms. The molecule has 1 aromatic rings. The highest BCUT2D eigenvalue weighted by Gasteiger charge is 2.11. The molecule has 92 valence electrons. The van der Waals surface area contributed by atoms with Crippen LogP contribution in [0.5, 0.6) is 0 Å². The van der Waals surface area contributed by atoms with E-state index in [0.717, 1.165) is 26.1 Å². The Bertz CT molecular complexity index is 299. The van der Waals surface area contributed by atoms with Gasteiger partial charge in [-0.25, -0.2) is 0 Å². The largest absolute Gasteiger partial charge is 0.385 e. The van der Waals surface area contributed by atoms with E-state index in [0.29, 0.717) is 0 Å². The van der Waals surface area contributed by atoms with Crippen LogP contribution in [0.4, 0.5) is 0 Å². The molecule has 0 radical (unpaired) electrons. The lowest BCUT2D eigenvalue weighted by Gasteiger charge is -2.20. The molecule has 1 N–H and O–H groups in total. The molecule has 0 saturated heterocycles. The highest BCUT2D eigenvalue weighted by molar-refractivity contribution is 5.11. The van der Waals surface area contributed by atoms with Gasteiger partial charge in [0.25, 0.3) is 0 Å². The van der Waals surface area contributed by atoms with Crippen molar-refractivity contribution in [2.45, 2.75) is 39.3 Å². The van der Waals surface area contributed by atoms with E-state index in [1.807, 2.05) is 0 Å². The number of rotatable bonds is 6. The Labute approximate surface area is 98.8 Å². The molecule has 0 spiro atoms. The van der Waals surface area contributed by atoms with E-state index in [1.165, 1.54) is 5.56 Å². The molecular weight excluding hydrogens is 200 g/mol. The molecule has 0 saturated carbocycles. The van der Waals surface area contributed by atoms with Crippen molar-refractivity contribution in [1.29, 1.82) is 0 Å². The van der Waals surface area contributed by atoms with Crippen LogP contribution in [0.15, 0.2) is 18.5 Å². The quantitative estimate of drug-likeness (QED) is 0.751. The van der Waals surface area contributed by atoms with Crippen molar-refractivity contribution in [2.24, 2.45) is 0 Å². The van der Waals surface area contributed by atoms with Crippen LogP contribution in [0.3, 0.4) is 0 Å². The van der Waals surface area contributed by atoms with Crippen molar-refractivity contribution in [3.63, 3.8) is 0 Å². The minimum Gasteiger partial charge on any atom is -0.385 e. The Balaban J connectivity index is 2.30. The second-order valence-electron chi connectivity index (χ2n) is 5.12. The van der Waals surface area contributed by atoms with Crippen molar-refractivity contribution in [3.8, 4) is 0 Å². The molecule has 0 fully saturated rings. The van der Waals surface area contributed by atoms with Crippen LogP contribution in [0.2, 0.25) is 0 Å². The Morgan fingerprint density at radius 3 is 2.69 bits per heavy atom. The van der Waals surface area contributed by atoms with Crippen molar-refractivity contribution in [3.05, 3.63) is 24.0 Å². The summed E-state index contributed by atoms with van der Waals surface area (Å²) in [5.74, 6) is 0. The van der Waals surface area contributed by atoms with Gasteiger partial charge in [0.05, 0.1) is 0 Å². The van der Waals surface area contributed by atoms with E-state index in [-0.39, 0.29) is 5.54 Å². The van der Waals surface area contributed by atoms with E-state index in [4.69, 9.17) is 4.74 Å². The maximum absolute atomic E-state index is 5.00. The fourth-order valence-electron chi connectivity index (χ4n) is 1.54. The minimum atomic E-state index is 0.175. The molecule has 0 aliphatic carbocycles. The molecule has 0 aromatic carbocycles. The number of nitrogens with zero attached hydrogens (tertiary/aromatic N) is 1. The highest BCUT2D eigenvalue weighted by Crippen LogP contribution is 2.15. The van der Waals surface area contributed by atoms with E-state index >= 15 is 0 Å². The number of aromatic nitrogens is 1. The fourth-order valence-corrected chi connectivity index (χ4v) is 1.54. The normalized spacial score (nSPS) is 12.0. The predicted molar refractivity (Wildman–Crippen MR) is 67.6 cm³/mol. The van der Waals surface area contributed by atoms with Gasteiger partial charge in [0.1, 0.15) is 0 Å². The molecule has 1 aromatic heterocycles. The van der Waals surface area contributed by atoms with E-state index in [1.54, 1.807) is 7.11 Å². The zero-order valence-electron chi connectivity index (χ0n) is 10.9. The summed E-state index contributed by atoms with van der Waals surface area (Å²) in [6, 6.07) is 2.18. The molecule has 1 rings (SSSR count). The topological polar surface area (TPSA) is 26.2 Å². The molecule has 3 nitrogen and oxygen atoms in total. The summed E-state index contributed by atoms with van der Waals surface area (Å²) in [5.41, 5.74) is 1.52. The standard InChI is InChI=1S/C13H24N2O/c1-13(2,3)15-8-6-12(11-15)10-14-7-5-9-16-4/h6,8,11,14H,5,7,9-10H2,1-4H3. The number of nitrogens with one attached hydrogen (secondary N) is 1. The van der Waals surface area contributed by atoms with Crippen LogP contribution in [0.1, 0.15) is 32.8 Å². The number of hydrogen-bond acceptors (Lipinski definition) is 2.